The van der Waals surface area contributed by atoms with Crippen molar-refractivity contribution in [2.75, 3.05) is 76.7 Å². The third-order valence-electron chi connectivity index (χ3n) is 11.6. The van der Waals surface area contributed by atoms with Gasteiger partial charge in [-0.25, -0.2) is 0 Å². The summed E-state index contributed by atoms with van der Waals surface area (Å²) >= 11 is 0. The predicted molar refractivity (Wildman–Crippen MR) is 254 cm³/mol. The van der Waals surface area contributed by atoms with Crippen molar-refractivity contribution in [3.05, 3.63) is 35.9 Å². The minimum atomic E-state index is -2.29. The van der Waals surface area contributed by atoms with Crippen LogP contribution in [0.2, 0.25) is 0 Å². The minimum absolute atomic E-state index is 0.604. The number of ether oxygens (including phenoxy) is 2. The third-order valence-corrected chi connectivity index (χ3v) is 17.8. The molecule has 0 radical (unpaired) electrons. The van der Waals surface area contributed by atoms with Crippen molar-refractivity contribution >= 4 is 14.3 Å². The molecule has 0 spiro atoms. The molecule has 0 heterocycles. The molecule has 1 aromatic rings. The molecule has 0 aliphatic carbocycles. The van der Waals surface area contributed by atoms with Crippen molar-refractivity contribution in [2.45, 2.75) is 201 Å². The number of benzene rings is 1. The van der Waals surface area contributed by atoms with E-state index in [4.69, 9.17) is 9.47 Å². The van der Waals surface area contributed by atoms with E-state index in [9.17, 15) is 9.13 Å². The molecule has 6 nitrogen and oxygen atoms in total. The van der Waals surface area contributed by atoms with E-state index in [0.717, 1.165) is 89.1 Å². The van der Waals surface area contributed by atoms with Gasteiger partial charge in [0.1, 0.15) is 14.3 Å². The Kier molecular flexibility index (Phi) is 37.9. The summed E-state index contributed by atoms with van der Waals surface area (Å²) in [6.45, 7) is 14.3. The molecule has 1 N–H and O–H groups in total. The lowest BCUT2D eigenvalue weighted by Crippen LogP contribution is -2.28. The van der Waals surface area contributed by atoms with E-state index >= 15 is 0 Å². The van der Waals surface area contributed by atoms with Crippen LogP contribution in [-0.2, 0) is 25.1 Å². The van der Waals surface area contributed by atoms with Crippen LogP contribution in [-0.4, -0.2) is 81.6 Å². The zero-order valence-electron chi connectivity index (χ0n) is 38.4. The fraction of sp³-hybridized carbons (Fsp3) is 0.878. The summed E-state index contributed by atoms with van der Waals surface area (Å²) in [5.74, 6) is 0. The molecule has 0 saturated carbocycles. The Morgan fingerprint density at radius 2 is 0.877 bits per heavy atom. The van der Waals surface area contributed by atoms with E-state index in [1.54, 1.807) is 0 Å². The first-order valence-electron chi connectivity index (χ1n) is 24.7. The van der Waals surface area contributed by atoms with Gasteiger partial charge in [-0.2, -0.15) is 0 Å². The summed E-state index contributed by atoms with van der Waals surface area (Å²) in [4.78, 5) is 2.47. The van der Waals surface area contributed by atoms with Gasteiger partial charge < -0.3 is 23.9 Å². The van der Waals surface area contributed by atoms with Crippen molar-refractivity contribution in [3.63, 3.8) is 0 Å². The number of nitrogens with one attached hydrogen (secondary N) is 1. The van der Waals surface area contributed by atoms with Gasteiger partial charge in [0, 0.05) is 57.2 Å². The van der Waals surface area contributed by atoms with Crippen LogP contribution in [0.4, 0.5) is 0 Å². The summed E-state index contributed by atoms with van der Waals surface area (Å²) in [5.41, 5.74) is 1.30. The van der Waals surface area contributed by atoms with E-state index in [0.29, 0.717) is 32.7 Å². The van der Waals surface area contributed by atoms with E-state index in [2.05, 4.69) is 68.2 Å². The monoisotopic (exact) mass is 839 g/mol. The largest absolute Gasteiger partial charge is 0.379 e. The van der Waals surface area contributed by atoms with Crippen LogP contribution in [0.25, 0.3) is 0 Å². The lowest BCUT2D eigenvalue weighted by Gasteiger charge is -2.28. The van der Waals surface area contributed by atoms with Gasteiger partial charge in [-0.15, -0.1) is 0 Å². The van der Waals surface area contributed by atoms with E-state index < -0.39 is 14.3 Å². The molecule has 0 saturated heterocycles. The fourth-order valence-electron chi connectivity index (χ4n) is 7.94. The molecule has 0 atom stereocenters. The van der Waals surface area contributed by atoms with Crippen LogP contribution in [0.1, 0.15) is 200 Å². The van der Waals surface area contributed by atoms with Crippen molar-refractivity contribution in [2.24, 2.45) is 0 Å². The van der Waals surface area contributed by atoms with E-state index in [-0.39, 0.29) is 0 Å². The maximum Gasteiger partial charge on any atom is 0.101 e. The molecule has 0 aromatic heterocycles. The molecule has 8 heteroatoms. The molecule has 0 amide bonds. The van der Waals surface area contributed by atoms with Crippen LogP contribution >= 0.6 is 14.3 Å². The zero-order chi connectivity index (χ0) is 41.4. The molecule has 0 fully saturated rings. The van der Waals surface area contributed by atoms with Gasteiger partial charge >= 0.3 is 0 Å². The van der Waals surface area contributed by atoms with E-state index in [1.807, 2.05) is 0 Å². The highest BCUT2D eigenvalue weighted by Crippen LogP contribution is 2.49. The number of nitrogens with zero attached hydrogens (tertiary/aromatic N) is 1. The molecule has 0 unspecified atom stereocenters. The first-order valence-corrected chi connectivity index (χ1v) is 29.2. The van der Waals surface area contributed by atoms with Gasteiger partial charge in [0.25, 0.3) is 0 Å². The highest BCUT2D eigenvalue weighted by atomic mass is 31.2. The van der Waals surface area contributed by atoms with Gasteiger partial charge in [0.15, 0.2) is 0 Å². The molecule has 0 aliphatic rings. The van der Waals surface area contributed by atoms with E-state index in [1.165, 1.54) is 134 Å². The summed E-state index contributed by atoms with van der Waals surface area (Å²) in [6, 6.07) is 10.7. The van der Waals surface area contributed by atoms with Gasteiger partial charge in [-0.3, -0.25) is 4.90 Å². The molecular formula is C49H96N2O4P2. The Morgan fingerprint density at radius 3 is 1.33 bits per heavy atom. The Morgan fingerprint density at radius 1 is 0.474 bits per heavy atom. The van der Waals surface area contributed by atoms with Crippen LogP contribution in [0, 0.1) is 0 Å². The summed E-state index contributed by atoms with van der Waals surface area (Å²) < 4.78 is 40.4. The molecule has 57 heavy (non-hydrogen) atoms. The Labute approximate surface area is 355 Å². The number of hydrogen-bond donors (Lipinski definition) is 1. The predicted octanol–water partition coefficient (Wildman–Crippen LogP) is 15.0. The highest BCUT2D eigenvalue weighted by molar-refractivity contribution is 7.64. The van der Waals surface area contributed by atoms with Crippen molar-refractivity contribution in [3.8, 4) is 0 Å². The normalized spacial score (nSPS) is 12.3. The number of hydrogen-bond acceptors (Lipinski definition) is 6. The zero-order valence-corrected chi connectivity index (χ0v) is 40.2. The minimum Gasteiger partial charge on any atom is -0.379 e. The van der Waals surface area contributed by atoms with Crippen molar-refractivity contribution < 1.29 is 18.6 Å². The van der Waals surface area contributed by atoms with Gasteiger partial charge in [-0.1, -0.05) is 186 Å². The second-order valence-corrected chi connectivity index (χ2v) is 24.0. The highest BCUT2D eigenvalue weighted by Gasteiger charge is 2.25. The van der Waals surface area contributed by atoms with Gasteiger partial charge in [0.2, 0.25) is 0 Å². The van der Waals surface area contributed by atoms with Crippen LogP contribution in [0.15, 0.2) is 30.3 Å². The average molecular weight is 839 g/mol. The van der Waals surface area contributed by atoms with Crippen LogP contribution < -0.4 is 5.32 Å². The SMILES string of the molecule is CCCCCCCCP(=O)(CCCCCCCC)CNCCCOCCOCCCN(Cc1ccccc1)CP(=O)(CCCCCCCC)CCCCCCCC. The van der Waals surface area contributed by atoms with Crippen LogP contribution in [0.3, 0.4) is 0 Å². The second-order valence-electron chi connectivity index (χ2n) is 17.4. The standard InChI is InChI=1S/C49H96N2O4P2/c1-5-9-13-17-21-28-42-56(52,43-29-22-18-14-10-6-2)47-50-36-32-38-54-40-41-55-39-33-37-51(46-49-34-26-25-27-35-49)48-57(53,44-30-23-19-15-11-7-3)45-31-24-20-16-12-8-4/h25-27,34-35,50H,5-24,28-33,36-48H2,1-4H3. The Balaban J connectivity index is 2.46. The Bertz CT molecular complexity index is 1030. The second kappa shape index (κ2) is 39.6. The summed E-state index contributed by atoms with van der Waals surface area (Å²) in [7, 11) is -4.45. The quantitative estimate of drug-likeness (QED) is 0.0521. The van der Waals surface area contributed by atoms with Gasteiger partial charge in [-0.05, 0) is 50.6 Å². The van der Waals surface area contributed by atoms with Crippen LogP contribution in [0.5, 0.6) is 0 Å². The molecule has 1 aromatic carbocycles. The first-order chi connectivity index (χ1) is 27.9. The number of rotatable bonds is 45. The third kappa shape index (κ3) is 33.9. The topological polar surface area (TPSA) is 67.9 Å². The molecule has 336 valence electrons. The molecule has 0 bridgehead atoms. The Hall–Kier alpha value is -0.480. The number of unbranched alkanes of at least 4 members (excludes halogenated alkanes) is 20. The average Bonchev–Trinajstić information content (AvgIpc) is 3.21. The molecular weight excluding hydrogens is 742 g/mol. The lowest BCUT2D eigenvalue weighted by molar-refractivity contribution is 0.0437. The van der Waals surface area contributed by atoms with Gasteiger partial charge in [0.05, 0.1) is 19.5 Å². The maximum absolute atomic E-state index is 14.6. The maximum atomic E-state index is 14.6. The first kappa shape index (κ1) is 54.5. The lowest BCUT2D eigenvalue weighted by atomic mass is 10.1. The fourth-order valence-corrected chi connectivity index (χ4v) is 13.7. The van der Waals surface area contributed by atoms with Crippen molar-refractivity contribution in [1.82, 2.24) is 10.2 Å². The summed E-state index contributed by atoms with van der Waals surface area (Å²) in [5, 5.41) is 3.55. The smallest absolute Gasteiger partial charge is 0.101 e. The molecule has 0 aliphatic heterocycles. The van der Waals surface area contributed by atoms with Crippen molar-refractivity contribution in [1.29, 1.82) is 0 Å². The summed E-state index contributed by atoms with van der Waals surface area (Å²) in [6.07, 6.45) is 37.0. The molecule has 1 rings (SSSR count).